The van der Waals surface area contributed by atoms with E-state index in [1.54, 1.807) is 6.26 Å². The van der Waals surface area contributed by atoms with Crippen molar-refractivity contribution in [3.05, 3.63) is 53.8 Å². The van der Waals surface area contributed by atoms with E-state index in [-0.39, 0.29) is 11.6 Å². The fourth-order valence-electron chi connectivity index (χ4n) is 3.21. The lowest BCUT2D eigenvalue weighted by Gasteiger charge is -2.20. The lowest BCUT2D eigenvalue weighted by molar-refractivity contribution is -0.137. The maximum absolute atomic E-state index is 12.8. The Morgan fingerprint density at radius 2 is 2.12 bits per heavy atom. The van der Waals surface area contributed by atoms with E-state index < -0.39 is 11.7 Å². The fourth-order valence-corrected chi connectivity index (χ4v) is 3.21. The van der Waals surface area contributed by atoms with Gasteiger partial charge in [0.1, 0.15) is 11.3 Å². The molecule has 24 heavy (non-hydrogen) atoms. The van der Waals surface area contributed by atoms with Gasteiger partial charge in [0.05, 0.1) is 24.4 Å². The Bertz CT molecular complexity index is 839. The quantitative estimate of drug-likeness (QED) is 0.690. The maximum Gasteiger partial charge on any atom is 0.416 e. The van der Waals surface area contributed by atoms with E-state index in [2.05, 4.69) is 9.88 Å². The second-order valence-electron chi connectivity index (χ2n) is 5.93. The van der Waals surface area contributed by atoms with Gasteiger partial charge in [-0.05, 0) is 49.7 Å². The Morgan fingerprint density at radius 3 is 2.88 bits per heavy atom. The van der Waals surface area contributed by atoms with Crippen LogP contribution in [0.2, 0.25) is 0 Å². The zero-order chi connectivity index (χ0) is 16.7. The Labute approximate surface area is 135 Å². The molecule has 126 valence electrons. The molecule has 1 aliphatic rings. The third-order valence-corrected chi connectivity index (χ3v) is 4.33. The predicted molar refractivity (Wildman–Crippen MR) is 80.1 cm³/mol. The molecule has 1 unspecified atom stereocenters. The molecule has 0 saturated carbocycles. The Morgan fingerprint density at radius 1 is 1.25 bits per heavy atom. The molecule has 4 nitrogen and oxygen atoms in total. The molecule has 3 heterocycles. The molecule has 4 rings (SSSR count). The van der Waals surface area contributed by atoms with Crippen LogP contribution in [0.1, 0.15) is 36.1 Å². The number of likely N-dealkylation sites (tertiary alicyclic amines) is 1. The topological polar surface area (TPSA) is 42.4 Å². The molecule has 1 atom stereocenters. The van der Waals surface area contributed by atoms with Gasteiger partial charge in [-0.1, -0.05) is 0 Å². The number of nitrogens with zero attached hydrogens (tertiary/aromatic N) is 2. The van der Waals surface area contributed by atoms with E-state index in [1.165, 1.54) is 6.07 Å². The highest BCUT2D eigenvalue weighted by Gasteiger charge is 2.32. The molecule has 1 saturated heterocycles. The first-order valence-corrected chi connectivity index (χ1v) is 7.75. The van der Waals surface area contributed by atoms with E-state index in [9.17, 15) is 13.2 Å². The van der Waals surface area contributed by atoms with E-state index in [4.69, 9.17) is 8.83 Å². The molecule has 7 heteroatoms. The van der Waals surface area contributed by atoms with Gasteiger partial charge >= 0.3 is 6.18 Å². The smallest absolute Gasteiger partial charge is 0.416 e. The van der Waals surface area contributed by atoms with Crippen molar-refractivity contribution < 1.29 is 22.0 Å². The van der Waals surface area contributed by atoms with Crippen LogP contribution in [-0.4, -0.2) is 16.4 Å². The third kappa shape index (κ3) is 2.80. The van der Waals surface area contributed by atoms with Crippen LogP contribution in [-0.2, 0) is 12.7 Å². The van der Waals surface area contributed by atoms with Crippen molar-refractivity contribution in [1.29, 1.82) is 0 Å². The summed E-state index contributed by atoms with van der Waals surface area (Å²) in [5.74, 6) is 1.31. The molecule has 0 spiro atoms. The monoisotopic (exact) mass is 336 g/mol. The largest absolute Gasteiger partial charge is 0.468 e. The first-order chi connectivity index (χ1) is 11.5. The number of fused-ring (bicyclic) bond motifs is 1. The van der Waals surface area contributed by atoms with Crippen LogP contribution in [0.5, 0.6) is 0 Å². The minimum absolute atomic E-state index is 0.153. The third-order valence-electron chi connectivity index (χ3n) is 4.33. The number of alkyl halides is 3. The Hall–Kier alpha value is -2.28. The molecule has 1 aromatic carbocycles. The van der Waals surface area contributed by atoms with Gasteiger partial charge in [0.2, 0.25) is 5.89 Å². The minimum atomic E-state index is -4.38. The van der Waals surface area contributed by atoms with Crippen LogP contribution in [0.25, 0.3) is 11.1 Å². The SMILES string of the molecule is FC(F)(F)c1ccc2oc(CN3CCCC3c3ccco3)nc2c1. The van der Waals surface area contributed by atoms with E-state index in [1.807, 2.05) is 12.1 Å². The van der Waals surface area contributed by atoms with Crippen LogP contribution in [0.4, 0.5) is 13.2 Å². The highest BCUT2D eigenvalue weighted by Crippen LogP contribution is 2.34. The molecular formula is C17H15F3N2O2. The summed E-state index contributed by atoms with van der Waals surface area (Å²) < 4.78 is 49.4. The van der Waals surface area contributed by atoms with Crippen LogP contribution < -0.4 is 0 Å². The summed E-state index contributed by atoms with van der Waals surface area (Å²) >= 11 is 0. The maximum atomic E-state index is 12.8. The van der Waals surface area contributed by atoms with Crippen molar-refractivity contribution in [2.45, 2.75) is 31.6 Å². The molecule has 1 fully saturated rings. The normalized spacial score (nSPS) is 19.4. The predicted octanol–water partition coefficient (Wildman–Crippen LogP) is 4.78. The number of furan rings is 1. The Kier molecular flexibility index (Phi) is 3.60. The van der Waals surface area contributed by atoms with Gasteiger partial charge in [0.15, 0.2) is 5.58 Å². The lowest BCUT2D eigenvalue weighted by atomic mass is 10.2. The van der Waals surface area contributed by atoms with Crippen molar-refractivity contribution in [1.82, 2.24) is 9.88 Å². The summed E-state index contributed by atoms with van der Waals surface area (Å²) in [5.41, 5.74) is -0.121. The van der Waals surface area contributed by atoms with Gasteiger partial charge < -0.3 is 8.83 Å². The van der Waals surface area contributed by atoms with Crippen LogP contribution in [0.15, 0.2) is 45.4 Å². The number of benzene rings is 1. The zero-order valence-electron chi connectivity index (χ0n) is 12.7. The number of oxazole rings is 1. The summed E-state index contributed by atoms with van der Waals surface area (Å²) in [6.07, 6.45) is -0.730. The minimum Gasteiger partial charge on any atom is -0.468 e. The summed E-state index contributed by atoms with van der Waals surface area (Å²) in [6.45, 7) is 1.32. The van der Waals surface area contributed by atoms with Gasteiger partial charge in [-0.25, -0.2) is 4.98 Å². The number of hydrogen-bond acceptors (Lipinski definition) is 4. The number of rotatable bonds is 3. The van der Waals surface area contributed by atoms with Crippen molar-refractivity contribution in [3.63, 3.8) is 0 Å². The van der Waals surface area contributed by atoms with Gasteiger partial charge in [0.25, 0.3) is 0 Å². The standard InChI is InChI=1S/C17H15F3N2O2/c18-17(19,20)11-5-6-14-12(9-11)21-16(24-14)10-22-7-1-3-13(22)15-4-2-8-23-15/h2,4-6,8-9,13H,1,3,7,10H2. The van der Waals surface area contributed by atoms with Crippen molar-refractivity contribution in [2.24, 2.45) is 0 Å². The summed E-state index contributed by atoms with van der Waals surface area (Å²) in [6, 6.07) is 7.30. The summed E-state index contributed by atoms with van der Waals surface area (Å²) in [5, 5.41) is 0. The lowest BCUT2D eigenvalue weighted by Crippen LogP contribution is -2.22. The highest BCUT2D eigenvalue weighted by molar-refractivity contribution is 5.73. The molecule has 2 aromatic heterocycles. The van der Waals surface area contributed by atoms with Crippen molar-refractivity contribution in [2.75, 3.05) is 6.54 Å². The molecular weight excluding hydrogens is 321 g/mol. The van der Waals surface area contributed by atoms with E-state index in [0.717, 1.165) is 37.3 Å². The first-order valence-electron chi connectivity index (χ1n) is 7.75. The van der Waals surface area contributed by atoms with Crippen LogP contribution >= 0.6 is 0 Å². The second kappa shape index (κ2) is 5.66. The first kappa shape index (κ1) is 15.3. The highest BCUT2D eigenvalue weighted by atomic mass is 19.4. The molecule has 0 radical (unpaired) electrons. The Balaban J connectivity index is 1.58. The number of hydrogen-bond donors (Lipinski definition) is 0. The molecule has 0 N–H and O–H groups in total. The average Bonchev–Trinajstić information content (AvgIpc) is 3.25. The van der Waals surface area contributed by atoms with Crippen LogP contribution in [0, 0.1) is 0 Å². The summed E-state index contributed by atoms with van der Waals surface area (Å²) in [4.78, 5) is 6.40. The van der Waals surface area contributed by atoms with Gasteiger partial charge in [-0.3, -0.25) is 4.90 Å². The van der Waals surface area contributed by atoms with Gasteiger partial charge in [-0.2, -0.15) is 13.2 Å². The molecule has 0 bridgehead atoms. The molecule has 3 aromatic rings. The van der Waals surface area contributed by atoms with Gasteiger partial charge in [-0.15, -0.1) is 0 Å². The average molecular weight is 336 g/mol. The molecule has 1 aliphatic heterocycles. The fraction of sp³-hybridized carbons (Fsp3) is 0.353. The van der Waals surface area contributed by atoms with Crippen molar-refractivity contribution >= 4 is 11.1 Å². The molecule has 0 aliphatic carbocycles. The van der Waals surface area contributed by atoms with Gasteiger partial charge in [0, 0.05) is 0 Å². The van der Waals surface area contributed by atoms with Crippen LogP contribution in [0.3, 0.4) is 0 Å². The number of aromatic nitrogens is 1. The molecule has 0 amide bonds. The van der Waals surface area contributed by atoms with Crippen molar-refractivity contribution in [3.8, 4) is 0 Å². The second-order valence-corrected chi connectivity index (χ2v) is 5.93. The summed E-state index contributed by atoms with van der Waals surface area (Å²) in [7, 11) is 0. The van der Waals surface area contributed by atoms with E-state index >= 15 is 0 Å². The zero-order valence-corrected chi connectivity index (χ0v) is 12.7. The number of halogens is 3. The van der Waals surface area contributed by atoms with E-state index in [0.29, 0.717) is 18.0 Å².